The van der Waals surface area contributed by atoms with E-state index in [1.807, 2.05) is 13.8 Å². The van der Waals surface area contributed by atoms with Gasteiger partial charge in [-0.3, -0.25) is 9.59 Å². The number of nitrogens with zero attached hydrogens (tertiary/aromatic N) is 2. The summed E-state index contributed by atoms with van der Waals surface area (Å²) >= 11 is 1.48. The normalized spacial score (nSPS) is 35.2. The van der Waals surface area contributed by atoms with Gasteiger partial charge in [0, 0.05) is 48.2 Å². The second-order valence-corrected chi connectivity index (χ2v) is 11.0. The van der Waals surface area contributed by atoms with Crippen molar-refractivity contribution in [2.75, 3.05) is 19.6 Å². The lowest BCUT2D eigenvalue weighted by Gasteiger charge is -2.47. The molecule has 3 fully saturated rings. The summed E-state index contributed by atoms with van der Waals surface area (Å²) in [5.41, 5.74) is 6.00. The number of β-lactam (4-membered cyclic amide) rings is 1. The molecule has 4 heterocycles. The quantitative estimate of drug-likeness (QED) is 0.461. The summed E-state index contributed by atoms with van der Waals surface area (Å²) in [5.74, 6) is -1.78. The van der Waals surface area contributed by atoms with Crippen molar-refractivity contribution in [2.24, 2.45) is 23.5 Å². The van der Waals surface area contributed by atoms with Crippen LogP contribution in [0.5, 0.6) is 0 Å². The smallest absolute Gasteiger partial charge is 0.353 e. The van der Waals surface area contributed by atoms with E-state index in [2.05, 4.69) is 5.32 Å². The summed E-state index contributed by atoms with van der Waals surface area (Å²) < 4.78 is 0. The molecule has 2 amide bonds. The predicted octanol–water partition coefficient (Wildman–Crippen LogP) is 0.398. The van der Waals surface area contributed by atoms with Gasteiger partial charge in [0.1, 0.15) is 11.5 Å². The SMILES string of the molecule is CC(=O)C[C@H](C)[C@H]1C(=O)N2C(C(=O)O)=C(S[C@@H]3CN[C@H](C(=O)N4CC[C@H](N)C4)C3)[C@H](C)[C@@H]12. The number of carboxylic acid groups (broad SMARTS) is 1. The maximum absolute atomic E-state index is 12.9. The molecule has 4 aliphatic heterocycles. The van der Waals surface area contributed by atoms with E-state index in [0.29, 0.717) is 37.4 Å². The Morgan fingerprint density at radius 2 is 2.06 bits per heavy atom. The number of ketones is 1. The molecule has 4 N–H and O–H groups in total. The van der Waals surface area contributed by atoms with Crippen LogP contribution in [-0.2, 0) is 19.2 Å². The maximum Gasteiger partial charge on any atom is 0.353 e. The molecule has 0 spiro atoms. The average molecular weight is 465 g/mol. The van der Waals surface area contributed by atoms with E-state index >= 15 is 0 Å². The molecule has 32 heavy (non-hydrogen) atoms. The number of hydrogen-bond acceptors (Lipinski definition) is 7. The van der Waals surface area contributed by atoms with Crippen molar-refractivity contribution in [3.8, 4) is 0 Å². The number of aliphatic carboxylic acids is 1. The minimum absolute atomic E-state index is 0.0297. The standard InChI is InChI=1S/C22H32N4O5S/c1-10(6-11(2)27)16-17-12(3)19(18(22(30)31)26(17)21(16)29)32-14-7-15(24-8-14)20(28)25-5-4-13(23)9-25/h10,12-17,24H,4-9,23H2,1-3H3,(H,30,31)/t10-,12+,13-,14-,15-,16+,17-/m0/s1. The van der Waals surface area contributed by atoms with Crippen molar-refractivity contribution in [1.29, 1.82) is 0 Å². The lowest BCUT2D eigenvalue weighted by atomic mass is 9.73. The van der Waals surface area contributed by atoms with E-state index in [4.69, 9.17) is 5.73 Å². The molecule has 0 saturated carbocycles. The Kier molecular flexibility index (Phi) is 6.39. The van der Waals surface area contributed by atoms with E-state index < -0.39 is 5.97 Å². The number of carbonyl (C=O) groups excluding carboxylic acids is 3. The van der Waals surface area contributed by atoms with Crippen LogP contribution in [0, 0.1) is 17.8 Å². The highest BCUT2D eigenvalue weighted by Crippen LogP contribution is 2.53. The molecule has 0 bridgehead atoms. The van der Waals surface area contributed by atoms with Gasteiger partial charge in [-0.25, -0.2) is 4.79 Å². The Bertz CT molecular complexity index is 876. The van der Waals surface area contributed by atoms with Crippen molar-refractivity contribution in [1.82, 2.24) is 15.1 Å². The number of likely N-dealkylation sites (tertiary alicyclic amines) is 1. The molecule has 176 valence electrons. The molecule has 10 heteroatoms. The zero-order chi connectivity index (χ0) is 23.3. The first kappa shape index (κ1) is 23.3. The third kappa shape index (κ3) is 3.97. The molecule has 4 rings (SSSR count). The average Bonchev–Trinajstić information content (AvgIpc) is 3.40. The first-order valence-electron chi connectivity index (χ1n) is 11.3. The van der Waals surface area contributed by atoms with Gasteiger partial charge in [-0.05, 0) is 25.7 Å². The van der Waals surface area contributed by atoms with E-state index in [1.54, 1.807) is 4.90 Å². The number of carbonyl (C=O) groups is 4. The largest absolute Gasteiger partial charge is 0.477 e. The minimum atomic E-state index is -1.10. The maximum atomic E-state index is 12.9. The van der Waals surface area contributed by atoms with Gasteiger partial charge in [0.15, 0.2) is 0 Å². The highest BCUT2D eigenvalue weighted by molar-refractivity contribution is 8.03. The van der Waals surface area contributed by atoms with Crippen molar-refractivity contribution >= 4 is 35.3 Å². The van der Waals surface area contributed by atoms with E-state index in [9.17, 15) is 24.3 Å². The number of rotatable bonds is 7. The third-order valence-electron chi connectivity index (χ3n) is 7.23. The number of nitrogens with two attached hydrogens (primary N) is 1. The third-order valence-corrected chi connectivity index (χ3v) is 8.74. The van der Waals surface area contributed by atoms with Crippen LogP contribution in [0.1, 0.15) is 40.0 Å². The Balaban J connectivity index is 1.45. The first-order chi connectivity index (χ1) is 15.1. The van der Waals surface area contributed by atoms with Gasteiger partial charge in [-0.1, -0.05) is 13.8 Å². The number of thioether (sulfide) groups is 1. The van der Waals surface area contributed by atoms with Crippen LogP contribution in [0.25, 0.3) is 0 Å². The van der Waals surface area contributed by atoms with Gasteiger partial charge < -0.3 is 30.8 Å². The van der Waals surface area contributed by atoms with Gasteiger partial charge >= 0.3 is 5.97 Å². The second-order valence-electron chi connectivity index (χ2n) is 9.68. The Labute approximate surface area is 192 Å². The van der Waals surface area contributed by atoms with E-state index in [0.717, 1.165) is 6.42 Å². The van der Waals surface area contributed by atoms with Crippen LogP contribution < -0.4 is 11.1 Å². The summed E-state index contributed by atoms with van der Waals surface area (Å²) in [7, 11) is 0. The zero-order valence-corrected chi connectivity index (χ0v) is 19.6. The van der Waals surface area contributed by atoms with Gasteiger partial charge in [-0.2, -0.15) is 0 Å². The number of Topliss-reactive ketones (excluding diaryl/α,β-unsaturated/α-hetero) is 1. The van der Waals surface area contributed by atoms with Crippen LogP contribution >= 0.6 is 11.8 Å². The second kappa shape index (κ2) is 8.79. The number of amides is 2. The number of fused-ring (bicyclic) bond motifs is 1. The monoisotopic (exact) mass is 464 g/mol. The van der Waals surface area contributed by atoms with E-state index in [-0.39, 0.29) is 64.4 Å². The van der Waals surface area contributed by atoms with Gasteiger partial charge in [-0.15, -0.1) is 11.8 Å². The van der Waals surface area contributed by atoms with Gasteiger partial charge in [0.25, 0.3) is 0 Å². The predicted molar refractivity (Wildman–Crippen MR) is 119 cm³/mol. The van der Waals surface area contributed by atoms with Crippen LogP contribution in [0.3, 0.4) is 0 Å². The number of carboxylic acids is 1. The fourth-order valence-electron chi connectivity index (χ4n) is 5.72. The molecule has 7 atom stereocenters. The number of hydrogen-bond donors (Lipinski definition) is 3. The molecule has 0 aromatic heterocycles. The minimum Gasteiger partial charge on any atom is -0.477 e. The van der Waals surface area contributed by atoms with Crippen molar-refractivity contribution < 1.29 is 24.3 Å². The van der Waals surface area contributed by atoms with Gasteiger partial charge in [0.05, 0.1) is 18.0 Å². The Hall–Kier alpha value is -1.91. The fraction of sp³-hybridized carbons (Fsp3) is 0.727. The lowest BCUT2D eigenvalue weighted by molar-refractivity contribution is -0.160. The first-order valence-corrected chi connectivity index (χ1v) is 12.2. The highest BCUT2D eigenvalue weighted by Gasteiger charge is 2.60. The van der Waals surface area contributed by atoms with Crippen LogP contribution in [-0.4, -0.2) is 81.5 Å². The molecule has 0 aromatic rings. The summed E-state index contributed by atoms with van der Waals surface area (Å²) in [5, 5.41) is 13.2. The molecule has 9 nitrogen and oxygen atoms in total. The zero-order valence-electron chi connectivity index (χ0n) is 18.7. The summed E-state index contributed by atoms with van der Waals surface area (Å²) in [6.07, 6.45) is 1.74. The molecular formula is C22H32N4O5S. The molecule has 0 aliphatic carbocycles. The fourth-order valence-corrected chi connectivity index (χ4v) is 7.19. The van der Waals surface area contributed by atoms with Gasteiger partial charge in [0.2, 0.25) is 11.8 Å². The lowest BCUT2D eigenvalue weighted by Crippen LogP contribution is -2.62. The van der Waals surface area contributed by atoms with Crippen molar-refractivity contribution in [2.45, 2.75) is 63.4 Å². The van der Waals surface area contributed by atoms with Crippen LogP contribution in [0.2, 0.25) is 0 Å². The Morgan fingerprint density at radius 3 is 2.66 bits per heavy atom. The molecule has 0 aromatic carbocycles. The molecular weight excluding hydrogens is 432 g/mol. The molecule has 4 aliphatic rings. The summed E-state index contributed by atoms with van der Waals surface area (Å²) in [6, 6.07) is -0.470. The van der Waals surface area contributed by atoms with Crippen LogP contribution in [0.15, 0.2) is 10.6 Å². The molecule has 0 radical (unpaired) electrons. The summed E-state index contributed by atoms with van der Waals surface area (Å²) in [6.45, 7) is 7.23. The topological polar surface area (TPSA) is 133 Å². The molecule has 0 unspecified atom stereocenters. The van der Waals surface area contributed by atoms with Crippen molar-refractivity contribution in [3.63, 3.8) is 0 Å². The molecule has 3 saturated heterocycles. The summed E-state index contributed by atoms with van der Waals surface area (Å²) in [4.78, 5) is 53.2. The van der Waals surface area contributed by atoms with E-state index in [1.165, 1.54) is 23.6 Å². The number of nitrogens with one attached hydrogen (secondary N) is 1. The highest BCUT2D eigenvalue weighted by atomic mass is 32.2. The Morgan fingerprint density at radius 1 is 1.34 bits per heavy atom. The van der Waals surface area contributed by atoms with Crippen molar-refractivity contribution in [3.05, 3.63) is 10.6 Å². The van der Waals surface area contributed by atoms with Crippen LogP contribution in [0.4, 0.5) is 0 Å².